The molecule has 0 bridgehead atoms. The van der Waals surface area contributed by atoms with Gasteiger partial charge in [-0.2, -0.15) is 18.3 Å². The fraction of sp³-hybridized carbons (Fsp3) is 0.148. The number of urea groups is 1. The normalized spacial score (nSPS) is 11.2. The van der Waals surface area contributed by atoms with Crippen molar-refractivity contribution < 1.29 is 22.7 Å². The van der Waals surface area contributed by atoms with Gasteiger partial charge in [0.1, 0.15) is 5.75 Å². The number of halogens is 3. The predicted molar refractivity (Wildman–Crippen MR) is 150 cm³/mol. The van der Waals surface area contributed by atoms with Crippen molar-refractivity contribution in [2.45, 2.75) is 19.5 Å². The molecule has 10 nitrogen and oxygen atoms in total. The van der Waals surface area contributed by atoms with Gasteiger partial charge in [-0.1, -0.05) is 18.3 Å². The summed E-state index contributed by atoms with van der Waals surface area (Å²) in [4.78, 5) is 26.2. The highest BCUT2D eigenvalue weighted by molar-refractivity contribution is 7.18. The van der Waals surface area contributed by atoms with E-state index in [1.807, 2.05) is 18.3 Å². The minimum absolute atomic E-state index is 0.0476. The van der Waals surface area contributed by atoms with E-state index in [0.717, 1.165) is 40.7 Å². The Kier molecular flexibility index (Phi) is 8.10. The van der Waals surface area contributed by atoms with E-state index in [-0.39, 0.29) is 23.1 Å². The molecule has 3 heterocycles. The molecule has 0 saturated carbocycles. The van der Waals surface area contributed by atoms with E-state index in [2.05, 4.69) is 42.9 Å². The van der Waals surface area contributed by atoms with E-state index in [9.17, 15) is 18.0 Å². The zero-order valence-corrected chi connectivity index (χ0v) is 22.3. The summed E-state index contributed by atoms with van der Waals surface area (Å²) >= 11 is 1.56. The van der Waals surface area contributed by atoms with Gasteiger partial charge in [-0.25, -0.2) is 24.4 Å². The van der Waals surface area contributed by atoms with Crippen LogP contribution >= 0.6 is 11.3 Å². The number of ether oxygens (including phenoxy) is 1. The Hall–Kier alpha value is -4.98. The zero-order valence-electron chi connectivity index (χ0n) is 21.5. The van der Waals surface area contributed by atoms with E-state index in [4.69, 9.17) is 4.74 Å². The van der Waals surface area contributed by atoms with E-state index in [1.165, 1.54) is 29.3 Å². The van der Waals surface area contributed by atoms with Crippen molar-refractivity contribution in [2.24, 2.45) is 0 Å². The van der Waals surface area contributed by atoms with Crippen molar-refractivity contribution in [3.8, 4) is 27.9 Å². The maximum Gasteiger partial charge on any atom is 0.416 e. The number of hydrogen-bond acceptors (Lipinski definition) is 8. The van der Waals surface area contributed by atoms with Crippen LogP contribution in [0.2, 0.25) is 0 Å². The van der Waals surface area contributed by atoms with Crippen molar-refractivity contribution in [1.82, 2.24) is 24.7 Å². The number of nitrogens with zero attached hydrogens (tertiary/aromatic N) is 5. The number of alkyl halides is 3. The molecule has 5 aromatic rings. The molecule has 2 amide bonds. The van der Waals surface area contributed by atoms with Crippen LogP contribution in [-0.4, -0.2) is 37.3 Å². The molecule has 0 aliphatic heterocycles. The fourth-order valence-corrected chi connectivity index (χ4v) is 4.50. The summed E-state index contributed by atoms with van der Waals surface area (Å²) in [6.45, 7) is 2.95. The minimum Gasteiger partial charge on any atom is -0.424 e. The summed E-state index contributed by atoms with van der Waals surface area (Å²) in [6, 6.07) is 11.2. The first-order valence-electron chi connectivity index (χ1n) is 12.4. The summed E-state index contributed by atoms with van der Waals surface area (Å²) in [7, 11) is 0. The molecule has 0 aliphatic carbocycles. The lowest BCUT2D eigenvalue weighted by Crippen LogP contribution is -2.21. The van der Waals surface area contributed by atoms with Gasteiger partial charge in [-0.15, -0.1) is 0 Å². The van der Waals surface area contributed by atoms with Gasteiger partial charge < -0.3 is 20.7 Å². The Labute approximate surface area is 236 Å². The third-order valence-electron chi connectivity index (χ3n) is 5.59. The summed E-state index contributed by atoms with van der Waals surface area (Å²) in [5.74, 6) is 0.511. The topological polar surface area (TPSA) is 119 Å². The Bertz CT molecular complexity index is 1610. The number of carbonyl (C=O) groups excluding carboxylic acids is 1. The highest BCUT2D eigenvalue weighted by Gasteiger charge is 2.31. The number of aromatic nitrogens is 5. The molecule has 2 aromatic carbocycles. The molecular formula is C27H23F3N8O2S. The number of thiazole rings is 1. The first-order chi connectivity index (χ1) is 19.8. The van der Waals surface area contributed by atoms with Gasteiger partial charge in [0.15, 0.2) is 5.13 Å². The van der Waals surface area contributed by atoms with E-state index >= 15 is 0 Å². The number of anilines is 3. The first-order valence-corrected chi connectivity index (χ1v) is 13.2. The van der Waals surface area contributed by atoms with Crippen LogP contribution in [0, 0.1) is 0 Å². The summed E-state index contributed by atoms with van der Waals surface area (Å²) in [5, 5.41) is 13.1. The van der Waals surface area contributed by atoms with Crippen LogP contribution in [0.1, 0.15) is 18.9 Å². The number of rotatable bonds is 9. The lowest BCUT2D eigenvalue weighted by molar-refractivity contribution is -0.137. The Morgan fingerprint density at radius 1 is 1.02 bits per heavy atom. The van der Waals surface area contributed by atoms with Gasteiger partial charge in [0.25, 0.3) is 0 Å². The molecule has 41 heavy (non-hydrogen) atoms. The van der Waals surface area contributed by atoms with Crippen LogP contribution in [0.15, 0.2) is 79.5 Å². The summed E-state index contributed by atoms with van der Waals surface area (Å²) in [5.41, 5.74) is 0.449. The third-order valence-corrected chi connectivity index (χ3v) is 6.59. The lowest BCUT2D eigenvalue weighted by atomic mass is 10.1. The highest BCUT2D eigenvalue weighted by atomic mass is 32.1. The first kappa shape index (κ1) is 27.6. The second kappa shape index (κ2) is 12.0. The molecule has 0 aliphatic rings. The average molecular weight is 581 g/mol. The average Bonchev–Trinajstić information content (AvgIpc) is 3.66. The highest BCUT2D eigenvalue weighted by Crippen LogP contribution is 2.34. The van der Waals surface area contributed by atoms with E-state index in [1.54, 1.807) is 35.7 Å². The Balaban J connectivity index is 1.21. The largest absolute Gasteiger partial charge is 0.424 e. The third kappa shape index (κ3) is 6.97. The molecule has 0 spiro atoms. The van der Waals surface area contributed by atoms with Gasteiger partial charge in [0, 0.05) is 25.1 Å². The Morgan fingerprint density at radius 2 is 1.80 bits per heavy atom. The minimum atomic E-state index is -4.59. The van der Waals surface area contributed by atoms with Crippen LogP contribution < -0.4 is 20.7 Å². The smallest absolute Gasteiger partial charge is 0.416 e. The molecule has 210 valence electrons. The molecule has 14 heteroatoms. The molecule has 0 saturated heterocycles. The number of carbonyl (C=O) groups is 1. The van der Waals surface area contributed by atoms with Crippen LogP contribution in [0.25, 0.3) is 16.1 Å². The monoisotopic (exact) mass is 580 g/mol. The molecule has 0 unspecified atom stereocenters. The molecule has 3 aromatic heterocycles. The van der Waals surface area contributed by atoms with Gasteiger partial charge in [0.2, 0.25) is 0 Å². The van der Waals surface area contributed by atoms with Crippen molar-refractivity contribution in [2.75, 3.05) is 22.5 Å². The maximum absolute atomic E-state index is 13.3. The van der Waals surface area contributed by atoms with Gasteiger partial charge in [0.05, 0.1) is 39.9 Å². The lowest BCUT2D eigenvalue weighted by Gasteiger charge is -2.15. The summed E-state index contributed by atoms with van der Waals surface area (Å²) in [6.07, 6.45) is 3.90. The van der Waals surface area contributed by atoms with Crippen LogP contribution in [-0.2, 0) is 6.18 Å². The Morgan fingerprint density at radius 3 is 2.49 bits per heavy atom. The number of amides is 2. The van der Waals surface area contributed by atoms with E-state index in [0.29, 0.717) is 5.75 Å². The second-order valence-electron chi connectivity index (χ2n) is 8.60. The van der Waals surface area contributed by atoms with Crippen LogP contribution in [0.5, 0.6) is 11.8 Å². The van der Waals surface area contributed by atoms with Crippen LogP contribution in [0.4, 0.5) is 34.5 Å². The molecule has 0 radical (unpaired) electrons. The second-order valence-corrected chi connectivity index (χ2v) is 9.63. The van der Waals surface area contributed by atoms with Crippen molar-refractivity contribution in [1.29, 1.82) is 0 Å². The van der Waals surface area contributed by atoms with E-state index < -0.39 is 17.8 Å². The van der Waals surface area contributed by atoms with Crippen molar-refractivity contribution in [3.63, 3.8) is 0 Å². The molecule has 0 fully saturated rings. The van der Waals surface area contributed by atoms with Gasteiger partial charge in [-0.05, 0) is 60.5 Å². The number of nitrogens with one attached hydrogen (secondary N) is 3. The molecule has 0 atom stereocenters. The van der Waals surface area contributed by atoms with Crippen molar-refractivity contribution in [3.05, 3.63) is 85.1 Å². The fourth-order valence-electron chi connectivity index (χ4n) is 3.66. The number of hydrogen-bond donors (Lipinski definition) is 3. The summed E-state index contributed by atoms with van der Waals surface area (Å²) < 4.78 is 46.9. The number of benzene rings is 2. The molecular weight excluding hydrogens is 557 g/mol. The SMILES string of the molecule is CCCNc1ncc(-c2ccc(Oc3ncc(NC(=O)Nc4cc(C(F)(F)F)ccc4-n4cccn4)cn3)cc2)s1. The standard InChI is InChI=1S/C27H23F3N8O2S/c1-2-10-31-26-34-16-23(41-26)17-4-7-20(8-5-17)40-25-32-14-19(15-33-25)36-24(39)37-21-13-18(27(28,29)30)6-9-22(21)38-12-3-11-35-38/h3-9,11-16H,2,10H2,1H3,(H,31,34)(H2,36,37,39). The van der Waals surface area contributed by atoms with Gasteiger partial charge >= 0.3 is 18.2 Å². The zero-order chi connectivity index (χ0) is 28.8. The predicted octanol–water partition coefficient (Wildman–Crippen LogP) is 7.06. The van der Waals surface area contributed by atoms with Gasteiger partial charge in [-0.3, -0.25) is 0 Å². The molecule has 3 N–H and O–H groups in total. The quantitative estimate of drug-likeness (QED) is 0.171. The van der Waals surface area contributed by atoms with Crippen molar-refractivity contribution >= 4 is 33.9 Å². The maximum atomic E-state index is 13.3. The van der Waals surface area contributed by atoms with Crippen LogP contribution in [0.3, 0.4) is 0 Å². The molecule has 5 rings (SSSR count).